The molecular formula is C16H17N3. The number of benzene rings is 1. The van der Waals surface area contributed by atoms with Gasteiger partial charge in [0.25, 0.3) is 0 Å². The summed E-state index contributed by atoms with van der Waals surface area (Å²) in [4.78, 5) is 6.28. The molecule has 0 fully saturated rings. The van der Waals surface area contributed by atoms with Gasteiger partial charge in [0.2, 0.25) is 0 Å². The van der Waals surface area contributed by atoms with Gasteiger partial charge >= 0.3 is 0 Å². The summed E-state index contributed by atoms with van der Waals surface area (Å²) in [6.45, 7) is 2.89. The molecule has 0 saturated heterocycles. The maximum Gasteiger partial charge on any atom is 0.146 e. The highest BCUT2D eigenvalue weighted by molar-refractivity contribution is 5.53. The molecule has 0 radical (unpaired) electrons. The Morgan fingerprint density at radius 1 is 1.16 bits per heavy atom. The molecule has 0 aliphatic carbocycles. The maximum absolute atomic E-state index is 9.09. The van der Waals surface area contributed by atoms with Crippen LogP contribution < -0.4 is 4.90 Å². The van der Waals surface area contributed by atoms with Gasteiger partial charge in [-0.25, -0.2) is 4.98 Å². The van der Waals surface area contributed by atoms with Gasteiger partial charge in [-0.05, 0) is 29.7 Å². The number of pyridine rings is 1. The van der Waals surface area contributed by atoms with Crippen LogP contribution in [0, 0.1) is 11.3 Å². The van der Waals surface area contributed by atoms with E-state index in [9.17, 15) is 0 Å². The van der Waals surface area contributed by atoms with Gasteiger partial charge in [0.1, 0.15) is 11.9 Å². The van der Waals surface area contributed by atoms with Crippen LogP contribution in [0.25, 0.3) is 0 Å². The molecule has 0 bridgehead atoms. The molecule has 0 saturated carbocycles. The standard InChI is InChI=1S/C16H17N3/c1-3-13-6-8-14(9-7-13)12-19(2)16-15(11-17)5-4-10-18-16/h4-10H,3,12H2,1-2H3. The van der Waals surface area contributed by atoms with E-state index in [0.717, 1.165) is 18.8 Å². The second-order valence-corrected chi connectivity index (χ2v) is 4.51. The number of nitrogens with zero attached hydrogens (tertiary/aromatic N) is 3. The van der Waals surface area contributed by atoms with Gasteiger partial charge in [-0.2, -0.15) is 5.26 Å². The SMILES string of the molecule is CCc1ccc(CN(C)c2ncccc2C#N)cc1. The number of aryl methyl sites for hydroxylation is 1. The van der Waals surface area contributed by atoms with Gasteiger partial charge in [-0.1, -0.05) is 31.2 Å². The monoisotopic (exact) mass is 251 g/mol. The highest BCUT2D eigenvalue weighted by atomic mass is 15.2. The Labute approximate surface area is 114 Å². The molecule has 0 N–H and O–H groups in total. The first-order chi connectivity index (χ1) is 9.24. The van der Waals surface area contributed by atoms with Gasteiger partial charge in [-0.3, -0.25) is 0 Å². The van der Waals surface area contributed by atoms with Crippen LogP contribution in [0.4, 0.5) is 5.82 Å². The molecule has 1 heterocycles. The smallest absolute Gasteiger partial charge is 0.146 e. The Kier molecular flexibility index (Phi) is 4.15. The first-order valence-corrected chi connectivity index (χ1v) is 6.38. The lowest BCUT2D eigenvalue weighted by Crippen LogP contribution is -2.18. The predicted molar refractivity (Wildman–Crippen MR) is 76.9 cm³/mol. The first-order valence-electron chi connectivity index (χ1n) is 6.38. The minimum Gasteiger partial charge on any atom is -0.354 e. The number of anilines is 1. The molecule has 3 heteroatoms. The van der Waals surface area contributed by atoms with E-state index >= 15 is 0 Å². The third kappa shape index (κ3) is 3.11. The van der Waals surface area contributed by atoms with Crippen molar-refractivity contribution in [3.8, 4) is 6.07 Å². The van der Waals surface area contributed by atoms with Gasteiger partial charge in [0.15, 0.2) is 0 Å². The number of hydrogen-bond donors (Lipinski definition) is 0. The summed E-state index contributed by atoms with van der Waals surface area (Å²) in [5.74, 6) is 0.726. The van der Waals surface area contributed by atoms with Crippen LogP contribution in [0.1, 0.15) is 23.6 Å². The van der Waals surface area contributed by atoms with Crippen molar-refractivity contribution in [3.63, 3.8) is 0 Å². The Morgan fingerprint density at radius 2 is 1.84 bits per heavy atom. The van der Waals surface area contributed by atoms with Crippen LogP contribution in [0.15, 0.2) is 42.6 Å². The van der Waals surface area contributed by atoms with E-state index in [1.54, 1.807) is 18.3 Å². The molecular weight excluding hydrogens is 234 g/mol. The number of rotatable bonds is 4. The Balaban J connectivity index is 2.16. The van der Waals surface area contributed by atoms with E-state index in [0.29, 0.717) is 5.56 Å². The fourth-order valence-electron chi connectivity index (χ4n) is 2.02. The minimum atomic E-state index is 0.607. The lowest BCUT2D eigenvalue weighted by molar-refractivity contribution is 0.894. The predicted octanol–water partition coefficient (Wildman–Crippen LogP) is 3.15. The molecule has 2 rings (SSSR count). The van der Waals surface area contributed by atoms with Gasteiger partial charge in [0, 0.05) is 19.8 Å². The lowest BCUT2D eigenvalue weighted by atomic mass is 10.1. The van der Waals surface area contributed by atoms with Crippen LogP contribution >= 0.6 is 0 Å². The third-order valence-corrected chi connectivity index (χ3v) is 3.12. The van der Waals surface area contributed by atoms with Crippen molar-refractivity contribution in [1.29, 1.82) is 5.26 Å². The summed E-state index contributed by atoms with van der Waals surface area (Å²) in [5, 5.41) is 9.09. The molecule has 0 spiro atoms. The van der Waals surface area contributed by atoms with Crippen LogP contribution in [0.3, 0.4) is 0 Å². The Hall–Kier alpha value is -2.34. The molecule has 2 aromatic rings. The Bertz CT molecular complexity index is 582. The van der Waals surface area contributed by atoms with Crippen molar-refractivity contribution in [2.75, 3.05) is 11.9 Å². The molecule has 1 aromatic heterocycles. The average Bonchev–Trinajstić information content (AvgIpc) is 2.48. The largest absolute Gasteiger partial charge is 0.354 e. The highest BCUT2D eigenvalue weighted by Gasteiger charge is 2.08. The summed E-state index contributed by atoms with van der Waals surface area (Å²) in [6.07, 6.45) is 2.77. The van der Waals surface area contributed by atoms with Crippen LogP contribution in [-0.2, 0) is 13.0 Å². The Morgan fingerprint density at radius 3 is 2.47 bits per heavy atom. The van der Waals surface area contributed by atoms with Gasteiger partial charge in [-0.15, -0.1) is 0 Å². The third-order valence-electron chi connectivity index (χ3n) is 3.12. The molecule has 0 aliphatic rings. The second-order valence-electron chi connectivity index (χ2n) is 4.51. The zero-order chi connectivity index (χ0) is 13.7. The van der Waals surface area contributed by atoms with Crippen molar-refractivity contribution in [2.24, 2.45) is 0 Å². The molecule has 0 unspecified atom stereocenters. The molecule has 96 valence electrons. The van der Waals surface area contributed by atoms with Crippen molar-refractivity contribution in [3.05, 3.63) is 59.3 Å². The van der Waals surface area contributed by atoms with Crippen molar-refractivity contribution < 1.29 is 0 Å². The molecule has 0 atom stereocenters. The minimum absolute atomic E-state index is 0.607. The van der Waals surface area contributed by atoms with Crippen molar-refractivity contribution >= 4 is 5.82 Å². The maximum atomic E-state index is 9.09. The molecule has 1 aromatic carbocycles. The van der Waals surface area contributed by atoms with E-state index in [4.69, 9.17) is 5.26 Å². The highest BCUT2D eigenvalue weighted by Crippen LogP contribution is 2.17. The van der Waals surface area contributed by atoms with Crippen molar-refractivity contribution in [1.82, 2.24) is 4.98 Å². The van der Waals surface area contributed by atoms with Gasteiger partial charge in [0.05, 0.1) is 5.56 Å². The number of nitriles is 1. The quantitative estimate of drug-likeness (QED) is 0.838. The molecule has 0 amide bonds. The van der Waals surface area contributed by atoms with Crippen LogP contribution in [0.2, 0.25) is 0 Å². The zero-order valence-corrected chi connectivity index (χ0v) is 11.3. The van der Waals surface area contributed by atoms with Crippen LogP contribution in [-0.4, -0.2) is 12.0 Å². The topological polar surface area (TPSA) is 39.9 Å². The van der Waals surface area contributed by atoms with E-state index in [1.807, 2.05) is 11.9 Å². The van der Waals surface area contributed by atoms with E-state index < -0.39 is 0 Å². The summed E-state index contributed by atoms with van der Waals surface area (Å²) < 4.78 is 0. The van der Waals surface area contributed by atoms with Gasteiger partial charge < -0.3 is 4.90 Å². The zero-order valence-electron chi connectivity index (χ0n) is 11.3. The van der Waals surface area contributed by atoms with E-state index in [2.05, 4.69) is 42.2 Å². The van der Waals surface area contributed by atoms with Crippen LogP contribution in [0.5, 0.6) is 0 Å². The first kappa shape index (κ1) is 13.1. The fourth-order valence-corrected chi connectivity index (χ4v) is 2.02. The summed E-state index contributed by atoms with van der Waals surface area (Å²) in [5.41, 5.74) is 3.16. The average molecular weight is 251 g/mol. The summed E-state index contributed by atoms with van der Waals surface area (Å²) in [7, 11) is 1.96. The number of hydrogen-bond acceptors (Lipinski definition) is 3. The second kappa shape index (κ2) is 6.01. The normalized spacial score (nSPS) is 9.95. The lowest BCUT2D eigenvalue weighted by Gasteiger charge is -2.19. The van der Waals surface area contributed by atoms with E-state index in [-0.39, 0.29) is 0 Å². The summed E-state index contributed by atoms with van der Waals surface area (Å²) in [6, 6.07) is 14.3. The van der Waals surface area contributed by atoms with Crippen molar-refractivity contribution in [2.45, 2.75) is 19.9 Å². The molecule has 0 aliphatic heterocycles. The number of aromatic nitrogens is 1. The molecule has 19 heavy (non-hydrogen) atoms. The van der Waals surface area contributed by atoms with E-state index in [1.165, 1.54) is 11.1 Å². The molecule has 3 nitrogen and oxygen atoms in total. The summed E-state index contributed by atoms with van der Waals surface area (Å²) >= 11 is 0. The fraction of sp³-hybridized carbons (Fsp3) is 0.250.